The molecule has 1 aromatic rings. The summed E-state index contributed by atoms with van der Waals surface area (Å²) in [5.74, 6) is -0.486. The maximum absolute atomic E-state index is 13.9. The molecule has 1 aromatic carbocycles. The summed E-state index contributed by atoms with van der Waals surface area (Å²) in [7, 11) is -3.05. The molecule has 0 unspecified atom stereocenters. The topological polar surface area (TPSA) is 84.0 Å². The number of nitrogen functional groups attached to an aromatic ring is 1. The van der Waals surface area contributed by atoms with Gasteiger partial charge in [-0.15, -0.1) is 11.8 Å². The van der Waals surface area contributed by atoms with Crippen LogP contribution in [0.4, 0.5) is 4.39 Å². The van der Waals surface area contributed by atoms with Crippen LogP contribution in [0.25, 0.3) is 0 Å². The summed E-state index contributed by atoms with van der Waals surface area (Å²) < 4.78 is 35.9. The molecule has 0 spiro atoms. The van der Waals surface area contributed by atoms with Crippen molar-refractivity contribution in [2.45, 2.75) is 4.90 Å². The van der Waals surface area contributed by atoms with Crippen molar-refractivity contribution in [1.29, 1.82) is 5.41 Å². The third-order valence-electron chi connectivity index (χ3n) is 2.05. The molecular formula is C10H12BrFN2O2S2. The molecule has 0 heterocycles. The van der Waals surface area contributed by atoms with E-state index in [-0.39, 0.29) is 27.4 Å². The van der Waals surface area contributed by atoms with E-state index in [2.05, 4.69) is 15.9 Å². The average molecular weight is 355 g/mol. The average Bonchev–Trinajstić information content (AvgIpc) is 2.22. The number of rotatable bonds is 5. The highest BCUT2D eigenvalue weighted by molar-refractivity contribution is 9.10. The number of benzene rings is 1. The summed E-state index contributed by atoms with van der Waals surface area (Å²) in [5, 5.41) is 7.26. The van der Waals surface area contributed by atoms with Gasteiger partial charge >= 0.3 is 0 Å². The molecule has 0 amide bonds. The lowest BCUT2D eigenvalue weighted by molar-refractivity contribution is 0.594. The molecule has 0 atom stereocenters. The van der Waals surface area contributed by atoms with Gasteiger partial charge in [-0.3, -0.25) is 5.41 Å². The second-order valence-electron chi connectivity index (χ2n) is 3.63. The largest absolute Gasteiger partial charge is 0.384 e. The fraction of sp³-hybridized carbons (Fsp3) is 0.300. The minimum absolute atomic E-state index is 0.0107. The number of amidine groups is 1. The van der Waals surface area contributed by atoms with E-state index < -0.39 is 15.7 Å². The van der Waals surface area contributed by atoms with E-state index in [1.807, 2.05) is 0 Å². The van der Waals surface area contributed by atoms with Crippen molar-refractivity contribution in [3.63, 3.8) is 0 Å². The van der Waals surface area contributed by atoms with Crippen LogP contribution in [-0.2, 0) is 9.84 Å². The molecule has 0 radical (unpaired) electrons. The fourth-order valence-electron chi connectivity index (χ4n) is 1.15. The second kappa shape index (κ2) is 6.03. The van der Waals surface area contributed by atoms with Crippen LogP contribution in [0.2, 0.25) is 0 Å². The Bertz CT molecular complexity index is 575. The molecule has 0 aromatic heterocycles. The SMILES string of the molecule is CS(=O)(=O)CCSc1ccc(C(=N)N)c(Br)c1F. The lowest BCUT2D eigenvalue weighted by Crippen LogP contribution is -2.12. The minimum Gasteiger partial charge on any atom is -0.384 e. The minimum atomic E-state index is -3.05. The van der Waals surface area contributed by atoms with Crippen molar-refractivity contribution in [2.75, 3.05) is 17.8 Å². The van der Waals surface area contributed by atoms with E-state index in [9.17, 15) is 12.8 Å². The van der Waals surface area contributed by atoms with Crippen LogP contribution in [-0.4, -0.2) is 32.0 Å². The van der Waals surface area contributed by atoms with E-state index in [1.165, 1.54) is 12.1 Å². The molecule has 3 N–H and O–H groups in total. The van der Waals surface area contributed by atoms with Crippen LogP contribution >= 0.6 is 27.7 Å². The van der Waals surface area contributed by atoms with Crippen molar-refractivity contribution in [1.82, 2.24) is 0 Å². The Morgan fingerprint density at radius 2 is 2.17 bits per heavy atom. The normalized spacial score (nSPS) is 11.5. The Hall–Kier alpha value is -0.600. The lowest BCUT2D eigenvalue weighted by atomic mass is 10.2. The zero-order valence-corrected chi connectivity index (χ0v) is 12.8. The second-order valence-corrected chi connectivity index (χ2v) is 7.82. The fourth-order valence-corrected chi connectivity index (χ4v) is 4.00. The Morgan fingerprint density at radius 3 is 2.67 bits per heavy atom. The maximum Gasteiger partial charge on any atom is 0.151 e. The predicted molar refractivity (Wildman–Crippen MR) is 75.6 cm³/mol. The van der Waals surface area contributed by atoms with E-state index in [0.29, 0.717) is 4.90 Å². The molecule has 0 aliphatic heterocycles. The first-order chi connectivity index (χ1) is 8.22. The van der Waals surface area contributed by atoms with Gasteiger partial charge in [0.15, 0.2) is 5.82 Å². The van der Waals surface area contributed by atoms with Crippen LogP contribution in [0, 0.1) is 11.2 Å². The Labute approximate surface area is 118 Å². The first-order valence-electron chi connectivity index (χ1n) is 4.85. The molecule has 4 nitrogen and oxygen atoms in total. The van der Waals surface area contributed by atoms with Crippen LogP contribution in [0.3, 0.4) is 0 Å². The van der Waals surface area contributed by atoms with Crippen molar-refractivity contribution in [3.05, 3.63) is 28.0 Å². The number of hydrogen-bond donors (Lipinski definition) is 2. The first kappa shape index (κ1) is 15.5. The number of nitrogens with one attached hydrogen (secondary N) is 1. The van der Waals surface area contributed by atoms with Gasteiger partial charge in [-0.1, -0.05) is 0 Å². The van der Waals surface area contributed by atoms with Crippen molar-refractivity contribution in [3.8, 4) is 0 Å². The van der Waals surface area contributed by atoms with Crippen LogP contribution < -0.4 is 5.73 Å². The number of hydrogen-bond acceptors (Lipinski definition) is 4. The number of halogens is 2. The molecule has 100 valence electrons. The van der Waals surface area contributed by atoms with Gasteiger partial charge in [0, 0.05) is 22.5 Å². The third-order valence-corrected chi connectivity index (χ3v) is 5.06. The van der Waals surface area contributed by atoms with Crippen LogP contribution in [0.15, 0.2) is 21.5 Å². The quantitative estimate of drug-likeness (QED) is 0.481. The van der Waals surface area contributed by atoms with Crippen molar-refractivity contribution >= 4 is 43.4 Å². The van der Waals surface area contributed by atoms with Gasteiger partial charge in [0.05, 0.1) is 10.2 Å². The van der Waals surface area contributed by atoms with Crippen LogP contribution in [0.1, 0.15) is 5.56 Å². The molecular weight excluding hydrogens is 343 g/mol. The van der Waals surface area contributed by atoms with Crippen molar-refractivity contribution in [2.24, 2.45) is 5.73 Å². The lowest BCUT2D eigenvalue weighted by Gasteiger charge is -2.08. The van der Waals surface area contributed by atoms with Gasteiger partial charge in [-0.05, 0) is 28.1 Å². The Kier molecular flexibility index (Phi) is 5.18. The van der Waals surface area contributed by atoms with Gasteiger partial charge in [-0.25, -0.2) is 12.8 Å². The summed E-state index contributed by atoms with van der Waals surface area (Å²) in [5.41, 5.74) is 5.57. The molecule has 1 rings (SSSR count). The van der Waals surface area contributed by atoms with Gasteiger partial charge < -0.3 is 5.73 Å². The molecule has 0 bridgehead atoms. The van der Waals surface area contributed by atoms with Gasteiger partial charge in [0.1, 0.15) is 15.7 Å². The molecule has 18 heavy (non-hydrogen) atoms. The summed E-state index contributed by atoms with van der Waals surface area (Å²) in [6.07, 6.45) is 1.14. The first-order valence-corrected chi connectivity index (χ1v) is 8.69. The zero-order chi connectivity index (χ0) is 13.9. The number of thioether (sulfide) groups is 1. The molecule has 0 fully saturated rings. The Morgan fingerprint density at radius 1 is 1.56 bits per heavy atom. The number of nitrogens with two attached hydrogens (primary N) is 1. The highest BCUT2D eigenvalue weighted by Gasteiger charge is 2.13. The van der Waals surface area contributed by atoms with Gasteiger partial charge in [0.25, 0.3) is 0 Å². The van der Waals surface area contributed by atoms with Gasteiger partial charge in [0.2, 0.25) is 0 Å². The number of sulfone groups is 1. The summed E-state index contributed by atoms with van der Waals surface area (Å²) >= 11 is 4.15. The van der Waals surface area contributed by atoms with E-state index in [1.54, 1.807) is 0 Å². The molecule has 0 saturated carbocycles. The highest BCUT2D eigenvalue weighted by Crippen LogP contribution is 2.30. The molecule has 0 saturated heterocycles. The third kappa shape index (κ3) is 4.25. The molecule has 0 aliphatic rings. The molecule has 8 heteroatoms. The Balaban J connectivity index is 2.86. The van der Waals surface area contributed by atoms with Crippen LogP contribution in [0.5, 0.6) is 0 Å². The van der Waals surface area contributed by atoms with Gasteiger partial charge in [-0.2, -0.15) is 0 Å². The predicted octanol–water partition coefficient (Wildman–Crippen LogP) is 2.01. The maximum atomic E-state index is 13.9. The smallest absolute Gasteiger partial charge is 0.151 e. The van der Waals surface area contributed by atoms with E-state index in [0.717, 1.165) is 18.0 Å². The molecule has 0 aliphatic carbocycles. The monoisotopic (exact) mass is 354 g/mol. The summed E-state index contributed by atoms with van der Waals surface area (Å²) in [6, 6.07) is 3.02. The van der Waals surface area contributed by atoms with E-state index in [4.69, 9.17) is 11.1 Å². The zero-order valence-electron chi connectivity index (χ0n) is 9.54. The summed E-state index contributed by atoms with van der Waals surface area (Å²) in [4.78, 5) is 0.329. The van der Waals surface area contributed by atoms with E-state index >= 15 is 0 Å². The summed E-state index contributed by atoms with van der Waals surface area (Å²) in [6.45, 7) is 0. The van der Waals surface area contributed by atoms with Crippen molar-refractivity contribution < 1.29 is 12.8 Å². The standard InChI is InChI=1S/C10H12BrFN2O2S2/c1-18(15,16)5-4-17-7-3-2-6(10(13)14)8(11)9(7)12/h2-3H,4-5H2,1H3,(H3,13,14). The highest BCUT2D eigenvalue weighted by atomic mass is 79.9.